The van der Waals surface area contributed by atoms with E-state index < -0.39 is 0 Å². The smallest absolute Gasteiger partial charge is 0.134 e. The van der Waals surface area contributed by atoms with Crippen LogP contribution in [0, 0.1) is 12.7 Å². The number of aryl methyl sites for hydroxylation is 1. The molecule has 0 unspecified atom stereocenters. The van der Waals surface area contributed by atoms with Gasteiger partial charge in [0.25, 0.3) is 0 Å². The van der Waals surface area contributed by atoms with Crippen molar-refractivity contribution in [3.05, 3.63) is 33.7 Å². The number of benzene rings is 1. The number of rotatable bonds is 3. The van der Waals surface area contributed by atoms with Crippen LogP contribution in [0.1, 0.15) is 25.1 Å². The van der Waals surface area contributed by atoms with E-state index in [0.29, 0.717) is 10.9 Å². The van der Waals surface area contributed by atoms with Crippen LogP contribution in [0.2, 0.25) is 0 Å². The second kappa shape index (κ2) is 5.22. The third-order valence-electron chi connectivity index (χ3n) is 3.07. The standard InChI is InChI=1S/C14H16BrFN2/c1-4-11-8(3)13(17-5-2)12-10(16)7-6-9(15)14(12)18-11/h6-7H,4-5H2,1-3H3,(H,17,18). The summed E-state index contributed by atoms with van der Waals surface area (Å²) in [5.41, 5.74) is 3.58. The maximum absolute atomic E-state index is 14.1. The molecule has 1 N–H and O–H groups in total. The molecule has 0 saturated carbocycles. The van der Waals surface area contributed by atoms with E-state index in [2.05, 4.69) is 33.2 Å². The molecule has 1 heterocycles. The van der Waals surface area contributed by atoms with Crippen molar-refractivity contribution in [2.45, 2.75) is 27.2 Å². The first-order chi connectivity index (χ1) is 8.60. The Morgan fingerprint density at radius 3 is 2.67 bits per heavy atom. The minimum Gasteiger partial charge on any atom is -0.384 e. The lowest BCUT2D eigenvalue weighted by atomic mass is 10.0. The minimum absolute atomic E-state index is 0.234. The molecule has 0 aliphatic rings. The second-order valence-electron chi connectivity index (χ2n) is 4.20. The number of pyridine rings is 1. The van der Waals surface area contributed by atoms with E-state index in [0.717, 1.165) is 34.4 Å². The minimum atomic E-state index is -0.234. The molecule has 2 rings (SSSR count). The Morgan fingerprint density at radius 1 is 1.33 bits per heavy atom. The Labute approximate surface area is 115 Å². The van der Waals surface area contributed by atoms with Gasteiger partial charge in [0, 0.05) is 16.7 Å². The van der Waals surface area contributed by atoms with Crippen molar-refractivity contribution in [1.29, 1.82) is 0 Å². The Kier molecular flexibility index (Phi) is 3.85. The third-order valence-corrected chi connectivity index (χ3v) is 3.71. The Morgan fingerprint density at radius 2 is 2.06 bits per heavy atom. The molecule has 2 nitrogen and oxygen atoms in total. The summed E-state index contributed by atoms with van der Waals surface area (Å²) in [6.07, 6.45) is 0.836. The van der Waals surface area contributed by atoms with E-state index in [1.165, 1.54) is 6.07 Å². The highest BCUT2D eigenvalue weighted by atomic mass is 79.9. The predicted molar refractivity (Wildman–Crippen MR) is 77.7 cm³/mol. The molecule has 1 aromatic carbocycles. The summed E-state index contributed by atoms with van der Waals surface area (Å²) >= 11 is 3.45. The van der Waals surface area contributed by atoms with Crippen molar-refractivity contribution in [1.82, 2.24) is 4.98 Å². The second-order valence-corrected chi connectivity index (χ2v) is 5.05. The van der Waals surface area contributed by atoms with E-state index in [1.54, 1.807) is 6.07 Å². The van der Waals surface area contributed by atoms with Crippen molar-refractivity contribution in [2.24, 2.45) is 0 Å². The molecule has 0 bridgehead atoms. The summed E-state index contributed by atoms with van der Waals surface area (Å²) in [7, 11) is 0. The lowest BCUT2D eigenvalue weighted by Crippen LogP contribution is -2.05. The Balaban J connectivity index is 2.90. The molecule has 0 aliphatic carbocycles. The first-order valence-electron chi connectivity index (χ1n) is 6.11. The zero-order chi connectivity index (χ0) is 13.3. The molecule has 2 aromatic rings. The van der Waals surface area contributed by atoms with Crippen molar-refractivity contribution in [3.63, 3.8) is 0 Å². The Hall–Kier alpha value is -1.16. The van der Waals surface area contributed by atoms with Crippen LogP contribution in [0.25, 0.3) is 10.9 Å². The molecule has 0 radical (unpaired) electrons. The van der Waals surface area contributed by atoms with Gasteiger partial charge in [-0.3, -0.25) is 4.98 Å². The molecule has 96 valence electrons. The van der Waals surface area contributed by atoms with E-state index in [4.69, 9.17) is 0 Å². The highest BCUT2D eigenvalue weighted by Gasteiger charge is 2.15. The molecular weight excluding hydrogens is 295 g/mol. The van der Waals surface area contributed by atoms with Crippen LogP contribution in [0.15, 0.2) is 16.6 Å². The maximum atomic E-state index is 14.1. The van der Waals surface area contributed by atoms with Gasteiger partial charge in [-0.2, -0.15) is 0 Å². The SMILES string of the molecule is CCNc1c(C)c(CC)nc2c(Br)ccc(F)c12. The Bertz CT molecular complexity index is 596. The average Bonchev–Trinajstić information content (AvgIpc) is 2.36. The number of hydrogen-bond donors (Lipinski definition) is 1. The summed E-state index contributed by atoms with van der Waals surface area (Å²) in [5.74, 6) is -0.234. The van der Waals surface area contributed by atoms with Gasteiger partial charge in [-0.15, -0.1) is 0 Å². The lowest BCUT2D eigenvalue weighted by molar-refractivity contribution is 0.639. The number of anilines is 1. The van der Waals surface area contributed by atoms with Crippen LogP contribution in [-0.4, -0.2) is 11.5 Å². The topological polar surface area (TPSA) is 24.9 Å². The zero-order valence-corrected chi connectivity index (χ0v) is 12.4. The lowest BCUT2D eigenvalue weighted by Gasteiger charge is -2.15. The van der Waals surface area contributed by atoms with Crippen LogP contribution in [0.3, 0.4) is 0 Å². The molecule has 1 aromatic heterocycles. The van der Waals surface area contributed by atoms with Gasteiger partial charge < -0.3 is 5.32 Å². The molecule has 4 heteroatoms. The van der Waals surface area contributed by atoms with Gasteiger partial charge >= 0.3 is 0 Å². The highest BCUT2D eigenvalue weighted by Crippen LogP contribution is 2.34. The quantitative estimate of drug-likeness (QED) is 0.906. The zero-order valence-electron chi connectivity index (χ0n) is 10.8. The van der Waals surface area contributed by atoms with Gasteiger partial charge in [-0.05, 0) is 53.9 Å². The monoisotopic (exact) mass is 310 g/mol. The molecule has 0 saturated heterocycles. The third kappa shape index (κ3) is 2.09. The molecule has 0 fully saturated rings. The largest absolute Gasteiger partial charge is 0.384 e. The summed E-state index contributed by atoms with van der Waals surface area (Å²) < 4.78 is 14.9. The maximum Gasteiger partial charge on any atom is 0.134 e. The van der Waals surface area contributed by atoms with Gasteiger partial charge in [-0.1, -0.05) is 6.92 Å². The average molecular weight is 311 g/mol. The number of aromatic nitrogens is 1. The summed E-state index contributed by atoms with van der Waals surface area (Å²) in [6, 6.07) is 3.18. The van der Waals surface area contributed by atoms with Crippen LogP contribution in [0.5, 0.6) is 0 Å². The molecular formula is C14H16BrFN2. The fourth-order valence-electron chi connectivity index (χ4n) is 2.18. The molecule has 0 amide bonds. The number of nitrogens with one attached hydrogen (secondary N) is 1. The molecule has 18 heavy (non-hydrogen) atoms. The van der Waals surface area contributed by atoms with Crippen LogP contribution >= 0.6 is 15.9 Å². The molecule has 0 aliphatic heterocycles. The first-order valence-corrected chi connectivity index (χ1v) is 6.90. The van der Waals surface area contributed by atoms with E-state index in [1.807, 2.05) is 13.8 Å². The predicted octanol–water partition coefficient (Wildman–Crippen LogP) is 4.44. The van der Waals surface area contributed by atoms with Crippen molar-refractivity contribution in [3.8, 4) is 0 Å². The van der Waals surface area contributed by atoms with Crippen LogP contribution in [-0.2, 0) is 6.42 Å². The first kappa shape index (κ1) is 13.3. The van der Waals surface area contributed by atoms with Gasteiger partial charge in [0.15, 0.2) is 0 Å². The fourth-order valence-corrected chi connectivity index (χ4v) is 2.60. The number of fused-ring (bicyclic) bond motifs is 1. The van der Waals surface area contributed by atoms with Crippen molar-refractivity contribution in [2.75, 3.05) is 11.9 Å². The normalized spacial score (nSPS) is 10.9. The molecule has 0 atom stereocenters. The van der Waals surface area contributed by atoms with Crippen LogP contribution < -0.4 is 5.32 Å². The van der Waals surface area contributed by atoms with Gasteiger partial charge in [-0.25, -0.2) is 4.39 Å². The number of nitrogens with zero attached hydrogens (tertiary/aromatic N) is 1. The highest BCUT2D eigenvalue weighted by molar-refractivity contribution is 9.10. The number of hydrogen-bond acceptors (Lipinski definition) is 2. The van der Waals surface area contributed by atoms with E-state index >= 15 is 0 Å². The fraction of sp³-hybridized carbons (Fsp3) is 0.357. The van der Waals surface area contributed by atoms with Crippen LogP contribution in [0.4, 0.5) is 10.1 Å². The van der Waals surface area contributed by atoms with E-state index in [9.17, 15) is 4.39 Å². The van der Waals surface area contributed by atoms with Crippen molar-refractivity contribution >= 4 is 32.5 Å². The summed E-state index contributed by atoms with van der Waals surface area (Å²) in [4.78, 5) is 4.57. The van der Waals surface area contributed by atoms with Gasteiger partial charge in [0.1, 0.15) is 5.82 Å². The van der Waals surface area contributed by atoms with Gasteiger partial charge in [0.05, 0.1) is 16.6 Å². The van der Waals surface area contributed by atoms with Crippen molar-refractivity contribution < 1.29 is 4.39 Å². The summed E-state index contributed by atoms with van der Waals surface area (Å²) in [5, 5.41) is 3.83. The van der Waals surface area contributed by atoms with Gasteiger partial charge in [0.2, 0.25) is 0 Å². The molecule has 0 spiro atoms. The number of halogens is 2. The van der Waals surface area contributed by atoms with E-state index in [-0.39, 0.29) is 5.82 Å². The summed E-state index contributed by atoms with van der Waals surface area (Å²) in [6.45, 7) is 6.82.